The summed E-state index contributed by atoms with van der Waals surface area (Å²) in [6, 6.07) is 6.91. The maximum absolute atomic E-state index is 12.9. The maximum Gasteiger partial charge on any atom is 0.418 e. The summed E-state index contributed by atoms with van der Waals surface area (Å²) < 4.78 is 38.8. The van der Waals surface area contributed by atoms with Gasteiger partial charge in [-0.3, -0.25) is 0 Å². The van der Waals surface area contributed by atoms with Gasteiger partial charge in [-0.05, 0) is 32.0 Å². The van der Waals surface area contributed by atoms with Gasteiger partial charge in [0.1, 0.15) is 5.82 Å². The molecule has 1 aromatic heterocycles. The Morgan fingerprint density at radius 3 is 2.48 bits per heavy atom. The van der Waals surface area contributed by atoms with Crippen molar-refractivity contribution in [1.29, 1.82) is 0 Å². The van der Waals surface area contributed by atoms with Crippen LogP contribution in [0.2, 0.25) is 0 Å². The minimum absolute atomic E-state index is 0.0424. The van der Waals surface area contributed by atoms with Gasteiger partial charge in [-0.25, -0.2) is 4.98 Å². The Morgan fingerprint density at radius 1 is 1.10 bits per heavy atom. The van der Waals surface area contributed by atoms with E-state index in [2.05, 4.69) is 20.6 Å². The van der Waals surface area contributed by atoms with Crippen LogP contribution in [0, 0.1) is 0 Å². The lowest BCUT2D eigenvalue weighted by molar-refractivity contribution is -0.136. The number of hydrogen-bond acceptors (Lipinski definition) is 4. The second-order valence-corrected chi connectivity index (χ2v) is 4.73. The minimum Gasteiger partial charge on any atom is -0.352 e. The lowest BCUT2D eigenvalue weighted by Crippen LogP contribution is -2.13. The van der Waals surface area contributed by atoms with Crippen LogP contribution in [-0.4, -0.2) is 16.0 Å². The van der Waals surface area contributed by atoms with Crippen molar-refractivity contribution in [2.24, 2.45) is 0 Å². The van der Waals surface area contributed by atoms with E-state index < -0.39 is 11.7 Å². The second-order valence-electron chi connectivity index (χ2n) is 4.73. The quantitative estimate of drug-likeness (QED) is 0.893. The van der Waals surface area contributed by atoms with Crippen molar-refractivity contribution in [1.82, 2.24) is 9.97 Å². The first-order valence-electron chi connectivity index (χ1n) is 6.39. The zero-order valence-corrected chi connectivity index (χ0v) is 11.6. The summed E-state index contributed by atoms with van der Waals surface area (Å²) in [5.41, 5.74) is -0.777. The van der Waals surface area contributed by atoms with Gasteiger partial charge in [0.15, 0.2) is 0 Å². The van der Waals surface area contributed by atoms with Crippen LogP contribution in [0.15, 0.2) is 36.5 Å². The van der Waals surface area contributed by atoms with E-state index in [4.69, 9.17) is 0 Å². The number of halogens is 3. The van der Waals surface area contributed by atoms with E-state index in [9.17, 15) is 13.2 Å². The van der Waals surface area contributed by atoms with Gasteiger partial charge in [0, 0.05) is 12.2 Å². The third-order valence-corrected chi connectivity index (χ3v) is 2.57. The highest BCUT2D eigenvalue weighted by Crippen LogP contribution is 2.35. The molecule has 0 aliphatic rings. The van der Waals surface area contributed by atoms with E-state index in [1.807, 2.05) is 13.8 Å². The fourth-order valence-electron chi connectivity index (χ4n) is 1.73. The number of aromatic nitrogens is 2. The van der Waals surface area contributed by atoms with Crippen LogP contribution in [0.25, 0.3) is 0 Å². The summed E-state index contributed by atoms with van der Waals surface area (Å²) in [4.78, 5) is 8.14. The van der Waals surface area contributed by atoms with Crippen LogP contribution >= 0.6 is 0 Å². The normalized spacial score (nSPS) is 11.5. The Kier molecular flexibility index (Phi) is 4.30. The standard InChI is InChI=1S/C14H15F3N4/c1-9(2)19-13-18-8-7-12(21-13)20-11-6-4-3-5-10(11)14(15,16)17/h3-9H,1-2H3,(H2,18,19,20,21). The van der Waals surface area contributed by atoms with Crippen molar-refractivity contribution in [2.45, 2.75) is 26.1 Å². The van der Waals surface area contributed by atoms with Gasteiger partial charge >= 0.3 is 6.18 Å². The van der Waals surface area contributed by atoms with Crippen molar-refractivity contribution in [3.63, 3.8) is 0 Å². The fourth-order valence-corrected chi connectivity index (χ4v) is 1.73. The van der Waals surface area contributed by atoms with Gasteiger partial charge in [-0.15, -0.1) is 0 Å². The average Bonchev–Trinajstić information content (AvgIpc) is 2.37. The number of benzene rings is 1. The zero-order chi connectivity index (χ0) is 15.5. The highest BCUT2D eigenvalue weighted by atomic mass is 19.4. The van der Waals surface area contributed by atoms with E-state index in [1.165, 1.54) is 30.5 Å². The van der Waals surface area contributed by atoms with Crippen LogP contribution in [0.5, 0.6) is 0 Å². The molecule has 1 aromatic carbocycles. The number of nitrogens with zero attached hydrogens (tertiary/aromatic N) is 2. The second kappa shape index (κ2) is 5.99. The third-order valence-electron chi connectivity index (χ3n) is 2.57. The molecule has 0 radical (unpaired) electrons. The summed E-state index contributed by atoms with van der Waals surface area (Å²) in [6.07, 6.45) is -2.94. The number of nitrogens with one attached hydrogen (secondary N) is 2. The molecule has 0 aliphatic carbocycles. The number of anilines is 3. The van der Waals surface area contributed by atoms with E-state index in [0.29, 0.717) is 11.8 Å². The molecule has 0 unspecified atom stereocenters. The first-order valence-corrected chi connectivity index (χ1v) is 6.39. The van der Waals surface area contributed by atoms with Gasteiger partial charge in [-0.2, -0.15) is 18.2 Å². The molecular weight excluding hydrogens is 281 g/mol. The molecule has 0 fully saturated rings. The predicted molar refractivity (Wildman–Crippen MR) is 75.5 cm³/mol. The van der Waals surface area contributed by atoms with Crippen LogP contribution in [0.4, 0.5) is 30.6 Å². The molecule has 0 saturated heterocycles. The Hall–Kier alpha value is -2.31. The predicted octanol–water partition coefficient (Wildman–Crippen LogP) is 4.06. The van der Waals surface area contributed by atoms with Crippen molar-refractivity contribution in [2.75, 3.05) is 10.6 Å². The van der Waals surface area contributed by atoms with E-state index >= 15 is 0 Å². The van der Waals surface area contributed by atoms with E-state index in [0.717, 1.165) is 6.07 Å². The van der Waals surface area contributed by atoms with Gasteiger partial charge in [0.05, 0.1) is 11.3 Å². The van der Waals surface area contributed by atoms with Crippen molar-refractivity contribution >= 4 is 17.5 Å². The fraction of sp³-hybridized carbons (Fsp3) is 0.286. The van der Waals surface area contributed by atoms with Crippen molar-refractivity contribution in [3.8, 4) is 0 Å². The summed E-state index contributed by atoms with van der Waals surface area (Å²) in [5, 5.41) is 5.67. The highest BCUT2D eigenvalue weighted by Gasteiger charge is 2.33. The molecule has 0 aliphatic heterocycles. The summed E-state index contributed by atoms with van der Waals surface area (Å²) >= 11 is 0. The molecule has 0 atom stereocenters. The van der Waals surface area contributed by atoms with Crippen LogP contribution in [-0.2, 0) is 6.18 Å². The molecule has 112 valence electrons. The number of alkyl halides is 3. The molecule has 2 aromatic rings. The molecule has 2 N–H and O–H groups in total. The van der Waals surface area contributed by atoms with Gasteiger partial charge in [-0.1, -0.05) is 12.1 Å². The SMILES string of the molecule is CC(C)Nc1nccc(Nc2ccccc2C(F)(F)F)n1. The first kappa shape index (κ1) is 15.1. The lowest BCUT2D eigenvalue weighted by Gasteiger charge is -2.14. The number of hydrogen-bond donors (Lipinski definition) is 2. The lowest BCUT2D eigenvalue weighted by atomic mass is 10.1. The summed E-state index contributed by atoms with van der Waals surface area (Å²) in [7, 11) is 0. The Morgan fingerprint density at radius 2 is 1.81 bits per heavy atom. The maximum atomic E-state index is 12.9. The van der Waals surface area contributed by atoms with E-state index in [1.54, 1.807) is 0 Å². The summed E-state index contributed by atoms with van der Waals surface area (Å²) in [6.45, 7) is 3.84. The molecule has 0 saturated carbocycles. The summed E-state index contributed by atoms with van der Waals surface area (Å²) in [5.74, 6) is 0.657. The Labute approximate surface area is 120 Å². The van der Waals surface area contributed by atoms with E-state index in [-0.39, 0.29) is 11.7 Å². The molecule has 0 bridgehead atoms. The van der Waals surface area contributed by atoms with Crippen LogP contribution < -0.4 is 10.6 Å². The monoisotopic (exact) mass is 296 g/mol. The molecule has 7 heteroatoms. The van der Waals surface area contributed by atoms with Crippen molar-refractivity contribution < 1.29 is 13.2 Å². The Balaban J connectivity index is 2.27. The highest BCUT2D eigenvalue weighted by molar-refractivity contribution is 5.61. The largest absolute Gasteiger partial charge is 0.418 e. The zero-order valence-electron chi connectivity index (χ0n) is 11.6. The third kappa shape index (κ3) is 4.08. The molecule has 4 nitrogen and oxygen atoms in total. The molecule has 0 amide bonds. The molecule has 1 heterocycles. The van der Waals surface area contributed by atoms with Crippen molar-refractivity contribution in [3.05, 3.63) is 42.1 Å². The van der Waals surface area contributed by atoms with Gasteiger partial charge in [0.2, 0.25) is 5.95 Å². The van der Waals surface area contributed by atoms with Crippen LogP contribution in [0.3, 0.4) is 0 Å². The molecular formula is C14H15F3N4. The minimum atomic E-state index is -4.42. The average molecular weight is 296 g/mol. The van der Waals surface area contributed by atoms with Gasteiger partial charge in [0.25, 0.3) is 0 Å². The van der Waals surface area contributed by atoms with Crippen LogP contribution in [0.1, 0.15) is 19.4 Å². The molecule has 2 rings (SSSR count). The molecule has 0 spiro atoms. The smallest absolute Gasteiger partial charge is 0.352 e. The Bertz CT molecular complexity index is 611. The number of rotatable bonds is 4. The van der Waals surface area contributed by atoms with Gasteiger partial charge < -0.3 is 10.6 Å². The topological polar surface area (TPSA) is 49.8 Å². The molecule has 21 heavy (non-hydrogen) atoms. The number of para-hydroxylation sites is 1. The first-order chi connectivity index (χ1) is 9.86.